The van der Waals surface area contributed by atoms with Crippen LogP contribution in [0.1, 0.15) is 49.6 Å². The number of likely N-dealkylation sites (tertiary alicyclic amines) is 1. The molecule has 2 aromatic rings. The van der Waals surface area contributed by atoms with E-state index in [4.69, 9.17) is 16.2 Å². The van der Waals surface area contributed by atoms with Crippen LogP contribution in [0.25, 0.3) is 0 Å². The number of ether oxygens (including phenoxy) is 1. The number of fused-ring (bicyclic) bond motifs is 2. The summed E-state index contributed by atoms with van der Waals surface area (Å²) < 4.78 is 35.2. The SMILES string of the molecule is C=C/C(=C\N=C)S(=O)(=O)N1CCC(c2ccc3c(c2)Nc2nc(=O)n(C4CCN(CCCN=C(N)N)CC4)cc2O3)CC1. The van der Waals surface area contributed by atoms with Gasteiger partial charge in [0.15, 0.2) is 23.3 Å². The summed E-state index contributed by atoms with van der Waals surface area (Å²) in [5, 5.41) is 3.28. The molecule has 3 aliphatic heterocycles. The molecule has 0 radical (unpaired) electrons. The molecule has 0 unspecified atom stereocenters. The standard InChI is InChI=1S/C29H39N9O4S/c1-3-23(18-32-2)43(40,41)37-15-7-20(8-16-37)21-5-6-25-24(17-21)34-27-26(42-25)19-38(29(39)35-27)22-9-13-36(14-10-22)12-4-11-33-28(30)31/h3,5-6,17-20,22H,1-2,4,7-16H2,(H4,30,31,33)(H,34,35,39)/b23-18+. The van der Waals surface area contributed by atoms with Crippen LogP contribution in [0, 0.1) is 0 Å². The number of hydrogen-bond acceptors (Lipinski definition) is 9. The third kappa shape index (κ3) is 6.81. The highest BCUT2D eigenvalue weighted by Gasteiger charge is 2.31. The van der Waals surface area contributed by atoms with E-state index >= 15 is 0 Å². The zero-order chi connectivity index (χ0) is 30.6. The molecule has 0 atom stereocenters. The van der Waals surface area contributed by atoms with Crippen molar-refractivity contribution in [2.24, 2.45) is 21.5 Å². The van der Waals surface area contributed by atoms with Crippen molar-refractivity contribution in [3.63, 3.8) is 0 Å². The molecule has 5 rings (SSSR count). The van der Waals surface area contributed by atoms with Crippen molar-refractivity contribution in [2.75, 3.05) is 44.6 Å². The van der Waals surface area contributed by atoms with Crippen molar-refractivity contribution in [3.8, 4) is 11.5 Å². The minimum Gasteiger partial charge on any atom is -0.450 e. The second-order valence-corrected chi connectivity index (χ2v) is 12.9. The van der Waals surface area contributed by atoms with Gasteiger partial charge in [-0.25, -0.2) is 13.2 Å². The molecule has 0 amide bonds. The van der Waals surface area contributed by atoms with Gasteiger partial charge >= 0.3 is 5.69 Å². The molecule has 4 heterocycles. The molecule has 5 N–H and O–H groups in total. The Morgan fingerprint density at radius 3 is 2.56 bits per heavy atom. The molecule has 43 heavy (non-hydrogen) atoms. The van der Waals surface area contributed by atoms with Gasteiger partial charge in [0.1, 0.15) is 0 Å². The maximum absolute atomic E-state index is 13.0. The van der Waals surface area contributed by atoms with Crippen molar-refractivity contribution in [3.05, 3.63) is 64.2 Å². The highest BCUT2D eigenvalue weighted by Crippen LogP contribution is 2.43. The van der Waals surface area contributed by atoms with Gasteiger partial charge in [-0.1, -0.05) is 12.6 Å². The predicted molar refractivity (Wildman–Crippen MR) is 169 cm³/mol. The first-order valence-corrected chi connectivity index (χ1v) is 15.9. The Labute approximate surface area is 251 Å². The fourth-order valence-electron chi connectivity index (χ4n) is 5.93. The molecule has 0 saturated carbocycles. The number of nitrogens with zero attached hydrogens (tertiary/aromatic N) is 6. The van der Waals surface area contributed by atoms with Crippen LogP contribution in [0.15, 0.2) is 62.9 Å². The number of nitrogens with two attached hydrogens (primary N) is 2. The summed E-state index contributed by atoms with van der Waals surface area (Å²) >= 11 is 0. The van der Waals surface area contributed by atoms with Gasteiger partial charge in [-0.05, 0) is 75.1 Å². The Bertz CT molecular complexity index is 1580. The molecule has 13 nitrogen and oxygen atoms in total. The fourth-order valence-corrected chi connectivity index (χ4v) is 7.34. The Hall–Kier alpha value is -4.01. The van der Waals surface area contributed by atoms with Crippen LogP contribution in [0.2, 0.25) is 0 Å². The normalized spacial score (nSPS) is 18.6. The number of rotatable bonds is 10. The molecular formula is C29H39N9O4S. The average molecular weight is 610 g/mol. The second-order valence-electron chi connectivity index (χ2n) is 11.0. The molecule has 0 aliphatic carbocycles. The molecule has 230 valence electrons. The summed E-state index contributed by atoms with van der Waals surface area (Å²) in [7, 11) is -3.66. The van der Waals surface area contributed by atoms with Gasteiger partial charge in [0.25, 0.3) is 0 Å². The van der Waals surface area contributed by atoms with E-state index in [2.05, 4.69) is 38.5 Å². The number of sulfonamides is 1. The Morgan fingerprint density at radius 1 is 1.14 bits per heavy atom. The van der Waals surface area contributed by atoms with Gasteiger partial charge in [0.05, 0.1) is 16.8 Å². The molecule has 1 aromatic heterocycles. The first-order chi connectivity index (χ1) is 20.7. The molecule has 3 aliphatic rings. The Balaban J connectivity index is 1.21. The summed E-state index contributed by atoms with van der Waals surface area (Å²) in [6, 6.07) is 5.98. The van der Waals surface area contributed by atoms with E-state index in [1.165, 1.54) is 16.6 Å². The summed E-state index contributed by atoms with van der Waals surface area (Å²) in [4.78, 5) is 27.4. The van der Waals surface area contributed by atoms with E-state index in [0.29, 0.717) is 49.8 Å². The number of hydrogen-bond donors (Lipinski definition) is 3. The van der Waals surface area contributed by atoms with Crippen molar-refractivity contribution < 1.29 is 13.2 Å². The number of aliphatic imine (C=N–C) groups is 2. The number of nitrogens with one attached hydrogen (secondary N) is 1. The number of piperidine rings is 2. The summed E-state index contributed by atoms with van der Waals surface area (Å²) in [5.74, 6) is 1.84. The summed E-state index contributed by atoms with van der Waals surface area (Å²) in [6.07, 6.45) is 8.16. The number of benzene rings is 1. The van der Waals surface area contributed by atoms with E-state index in [9.17, 15) is 13.2 Å². The van der Waals surface area contributed by atoms with Gasteiger partial charge < -0.3 is 26.4 Å². The number of allylic oxidation sites excluding steroid dienone is 1. The lowest BCUT2D eigenvalue weighted by atomic mass is 9.90. The third-order valence-electron chi connectivity index (χ3n) is 8.25. The van der Waals surface area contributed by atoms with Crippen LogP contribution in [0.4, 0.5) is 11.5 Å². The maximum atomic E-state index is 13.0. The molecule has 0 bridgehead atoms. The highest BCUT2D eigenvalue weighted by atomic mass is 32.2. The second kappa shape index (κ2) is 13.1. The first kappa shape index (κ1) is 30.4. The molecule has 0 spiro atoms. The average Bonchev–Trinajstić information content (AvgIpc) is 3.00. The molecule has 14 heteroatoms. The zero-order valence-electron chi connectivity index (χ0n) is 24.2. The molecule has 1 aromatic carbocycles. The Kier molecular flexibility index (Phi) is 9.28. The molecular weight excluding hydrogens is 570 g/mol. The third-order valence-corrected chi connectivity index (χ3v) is 10.2. The van der Waals surface area contributed by atoms with Crippen LogP contribution in [-0.2, 0) is 10.0 Å². The van der Waals surface area contributed by atoms with E-state index in [-0.39, 0.29) is 28.5 Å². The van der Waals surface area contributed by atoms with Crippen molar-refractivity contribution >= 4 is 34.2 Å². The molecule has 2 saturated heterocycles. The lowest BCUT2D eigenvalue weighted by molar-refractivity contribution is 0.182. The van der Waals surface area contributed by atoms with Gasteiger partial charge in [-0.3, -0.25) is 14.6 Å². The zero-order valence-corrected chi connectivity index (χ0v) is 25.0. The van der Waals surface area contributed by atoms with Gasteiger partial charge in [-0.2, -0.15) is 9.29 Å². The van der Waals surface area contributed by atoms with Crippen LogP contribution in [-0.4, -0.2) is 79.1 Å². The van der Waals surface area contributed by atoms with E-state index in [1.807, 2.05) is 18.2 Å². The largest absolute Gasteiger partial charge is 0.450 e. The topological polar surface area (TPSA) is 174 Å². The van der Waals surface area contributed by atoms with Crippen LogP contribution < -0.4 is 27.2 Å². The van der Waals surface area contributed by atoms with Crippen LogP contribution in [0.5, 0.6) is 11.5 Å². The highest BCUT2D eigenvalue weighted by molar-refractivity contribution is 7.93. The molecule has 2 fully saturated rings. The van der Waals surface area contributed by atoms with Crippen LogP contribution >= 0.6 is 0 Å². The first-order valence-electron chi connectivity index (χ1n) is 14.5. The number of anilines is 2. The minimum atomic E-state index is -3.66. The fraction of sp³-hybridized carbons (Fsp3) is 0.448. The van der Waals surface area contributed by atoms with Crippen molar-refractivity contribution in [1.29, 1.82) is 0 Å². The van der Waals surface area contributed by atoms with E-state index < -0.39 is 10.0 Å². The summed E-state index contributed by atoms with van der Waals surface area (Å²) in [6.45, 7) is 11.0. The lowest BCUT2D eigenvalue weighted by Crippen LogP contribution is -2.38. The van der Waals surface area contributed by atoms with E-state index in [0.717, 1.165) is 50.1 Å². The summed E-state index contributed by atoms with van der Waals surface area (Å²) in [5.41, 5.74) is 12.3. The van der Waals surface area contributed by atoms with Crippen molar-refractivity contribution in [2.45, 2.75) is 44.1 Å². The van der Waals surface area contributed by atoms with Gasteiger partial charge in [-0.15, -0.1) is 0 Å². The smallest absolute Gasteiger partial charge is 0.350 e. The van der Waals surface area contributed by atoms with Crippen LogP contribution in [0.3, 0.4) is 0 Å². The number of guanidine groups is 1. The minimum absolute atomic E-state index is 0.0442. The van der Waals surface area contributed by atoms with Gasteiger partial charge in [0.2, 0.25) is 10.0 Å². The number of aromatic nitrogens is 2. The van der Waals surface area contributed by atoms with Crippen molar-refractivity contribution in [1.82, 2.24) is 18.8 Å². The maximum Gasteiger partial charge on any atom is 0.350 e. The van der Waals surface area contributed by atoms with E-state index in [1.54, 1.807) is 10.8 Å². The quantitative estimate of drug-likeness (QED) is 0.135. The lowest BCUT2D eigenvalue weighted by Gasteiger charge is -2.33. The monoisotopic (exact) mass is 609 g/mol. The Morgan fingerprint density at radius 2 is 1.88 bits per heavy atom. The van der Waals surface area contributed by atoms with Gasteiger partial charge in [0, 0.05) is 45.0 Å². The predicted octanol–water partition coefficient (Wildman–Crippen LogP) is 2.63.